The van der Waals surface area contributed by atoms with Crippen molar-refractivity contribution in [3.63, 3.8) is 0 Å². The number of halogens is 1. The number of hydrogen-bond donors (Lipinski definition) is 0. The van der Waals surface area contributed by atoms with Crippen molar-refractivity contribution < 1.29 is 4.79 Å². The summed E-state index contributed by atoms with van der Waals surface area (Å²) in [6.07, 6.45) is 0. The summed E-state index contributed by atoms with van der Waals surface area (Å²) in [4.78, 5) is 14.0. The smallest absolute Gasteiger partial charge is 0.267 e. The standard InChI is InChI=1S/C8H12ClN3OS/c1-5(4-9)12(3)8(13)7-6(2)10-11-14-7/h5H,4H2,1-3H3. The van der Waals surface area contributed by atoms with E-state index in [2.05, 4.69) is 9.59 Å². The summed E-state index contributed by atoms with van der Waals surface area (Å²) < 4.78 is 3.72. The zero-order valence-corrected chi connectivity index (χ0v) is 9.89. The third kappa shape index (κ3) is 2.22. The Balaban J connectivity index is 2.81. The molecule has 0 spiro atoms. The molecule has 1 aromatic rings. The van der Waals surface area contributed by atoms with E-state index in [4.69, 9.17) is 11.6 Å². The molecule has 78 valence electrons. The van der Waals surface area contributed by atoms with Crippen LogP contribution in [0.1, 0.15) is 22.3 Å². The van der Waals surface area contributed by atoms with Crippen molar-refractivity contribution >= 4 is 29.0 Å². The van der Waals surface area contributed by atoms with E-state index >= 15 is 0 Å². The lowest BCUT2D eigenvalue weighted by molar-refractivity contribution is 0.0760. The molecule has 1 rings (SSSR count). The topological polar surface area (TPSA) is 46.1 Å². The van der Waals surface area contributed by atoms with Crippen molar-refractivity contribution in [2.45, 2.75) is 19.9 Å². The van der Waals surface area contributed by atoms with E-state index in [-0.39, 0.29) is 11.9 Å². The molecule has 0 aromatic carbocycles. The maximum atomic E-state index is 11.8. The molecule has 6 heteroatoms. The molecule has 0 aliphatic carbocycles. The first-order chi connectivity index (χ1) is 6.57. The minimum absolute atomic E-state index is 0.0191. The largest absolute Gasteiger partial charge is 0.337 e. The first-order valence-corrected chi connectivity index (χ1v) is 5.50. The van der Waals surface area contributed by atoms with Gasteiger partial charge in [0.05, 0.1) is 5.69 Å². The van der Waals surface area contributed by atoms with E-state index in [1.165, 1.54) is 0 Å². The molecule has 0 fully saturated rings. The molecule has 0 aliphatic heterocycles. The number of nitrogens with zero attached hydrogens (tertiary/aromatic N) is 3. The highest BCUT2D eigenvalue weighted by molar-refractivity contribution is 7.07. The highest BCUT2D eigenvalue weighted by Gasteiger charge is 2.20. The maximum Gasteiger partial charge on any atom is 0.267 e. The molecule has 1 aromatic heterocycles. The molecular weight excluding hydrogens is 222 g/mol. The zero-order valence-electron chi connectivity index (χ0n) is 8.32. The van der Waals surface area contributed by atoms with E-state index < -0.39 is 0 Å². The molecule has 14 heavy (non-hydrogen) atoms. The van der Waals surface area contributed by atoms with Crippen molar-refractivity contribution in [1.82, 2.24) is 14.5 Å². The van der Waals surface area contributed by atoms with Crippen LogP contribution in [0.25, 0.3) is 0 Å². The van der Waals surface area contributed by atoms with Gasteiger partial charge in [-0.15, -0.1) is 16.7 Å². The van der Waals surface area contributed by atoms with E-state index in [1.54, 1.807) is 18.9 Å². The zero-order chi connectivity index (χ0) is 10.7. The van der Waals surface area contributed by atoms with Gasteiger partial charge in [-0.05, 0) is 25.4 Å². The van der Waals surface area contributed by atoms with Crippen LogP contribution >= 0.6 is 23.1 Å². The number of hydrogen-bond acceptors (Lipinski definition) is 4. The second kappa shape index (κ2) is 4.70. The van der Waals surface area contributed by atoms with Crippen LogP contribution in [0.2, 0.25) is 0 Å². The average Bonchev–Trinajstić information content (AvgIpc) is 2.61. The molecule has 1 atom stereocenters. The minimum Gasteiger partial charge on any atom is -0.337 e. The van der Waals surface area contributed by atoms with Crippen LogP contribution in [0.3, 0.4) is 0 Å². The van der Waals surface area contributed by atoms with E-state index in [9.17, 15) is 4.79 Å². The molecule has 0 aliphatic rings. The van der Waals surface area contributed by atoms with Gasteiger partial charge in [0.25, 0.3) is 5.91 Å². The Labute approximate surface area is 92.0 Å². The Bertz CT molecular complexity index is 328. The van der Waals surface area contributed by atoms with Crippen molar-refractivity contribution in [2.75, 3.05) is 12.9 Å². The van der Waals surface area contributed by atoms with E-state index in [1.807, 2.05) is 6.92 Å². The molecule has 4 nitrogen and oxygen atoms in total. The Morgan fingerprint density at radius 1 is 1.71 bits per heavy atom. The number of amides is 1. The Morgan fingerprint density at radius 2 is 2.36 bits per heavy atom. The summed E-state index contributed by atoms with van der Waals surface area (Å²) in [5, 5.41) is 3.79. The number of carbonyl (C=O) groups is 1. The lowest BCUT2D eigenvalue weighted by atomic mass is 10.3. The van der Waals surface area contributed by atoms with Crippen LogP contribution in [0.15, 0.2) is 0 Å². The third-order valence-corrected chi connectivity index (χ3v) is 3.31. The molecule has 0 radical (unpaired) electrons. The minimum atomic E-state index is -0.0642. The van der Waals surface area contributed by atoms with Crippen LogP contribution < -0.4 is 0 Å². The van der Waals surface area contributed by atoms with Crippen LogP contribution in [0, 0.1) is 6.92 Å². The fourth-order valence-electron chi connectivity index (χ4n) is 0.892. The summed E-state index contributed by atoms with van der Waals surface area (Å²) >= 11 is 6.79. The maximum absolute atomic E-state index is 11.8. The Kier molecular flexibility index (Phi) is 3.83. The van der Waals surface area contributed by atoms with Crippen LogP contribution in [0.4, 0.5) is 0 Å². The van der Waals surface area contributed by atoms with Gasteiger partial charge in [-0.25, -0.2) is 0 Å². The second-order valence-corrected chi connectivity index (χ2v) is 4.17. The van der Waals surface area contributed by atoms with E-state index in [0.29, 0.717) is 16.5 Å². The Hall–Kier alpha value is -0.680. The summed E-state index contributed by atoms with van der Waals surface area (Å²) in [7, 11) is 1.73. The fourth-order valence-corrected chi connectivity index (χ4v) is 1.74. The second-order valence-electron chi connectivity index (χ2n) is 3.11. The van der Waals surface area contributed by atoms with Gasteiger partial charge in [0.2, 0.25) is 0 Å². The number of aromatic nitrogens is 2. The van der Waals surface area contributed by atoms with Gasteiger partial charge in [-0.2, -0.15) is 0 Å². The van der Waals surface area contributed by atoms with Gasteiger partial charge in [-0.1, -0.05) is 4.49 Å². The van der Waals surface area contributed by atoms with Crippen molar-refractivity contribution in [3.8, 4) is 0 Å². The Morgan fingerprint density at radius 3 is 2.79 bits per heavy atom. The number of rotatable bonds is 3. The normalized spacial score (nSPS) is 12.6. The number of alkyl halides is 1. The molecule has 0 N–H and O–H groups in total. The molecule has 0 saturated heterocycles. The SMILES string of the molecule is Cc1nnsc1C(=O)N(C)C(C)CCl. The van der Waals surface area contributed by atoms with Gasteiger partial charge in [0.15, 0.2) is 0 Å². The lowest BCUT2D eigenvalue weighted by Gasteiger charge is -2.22. The molecule has 1 unspecified atom stereocenters. The molecule has 0 saturated carbocycles. The van der Waals surface area contributed by atoms with Crippen LogP contribution in [-0.2, 0) is 0 Å². The highest BCUT2D eigenvalue weighted by atomic mass is 35.5. The third-order valence-electron chi connectivity index (χ3n) is 2.05. The van der Waals surface area contributed by atoms with Crippen LogP contribution in [-0.4, -0.2) is 39.4 Å². The summed E-state index contributed by atoms with van der Waals surface area (Å²) in [6, 6.07) is 0.0191. The molecule has 0 bridgehead atoms. The molecule has 1 heterocycles. The van der Waals surface area contributed by atoms with E-state index in [0.717, 1.165) is 11.5 Å². The predicted molar refractivity (Wildman–Crippen MR) is 56.9 cm³/mol. The van der Waals surface area contributed by atoms with Gasteiger partial charge in [0.1, 0.15) is 4.88 Å². The lowest BCUT2D eigenvalue weighted by Crippen LogP contribution is -2.36. The first-order valence-electron chi connectivity index (χ1n) is 4.20. The van der Waals surface area contributed by atoms with Gasteiger partial charge < -0.3 is 4.90 Å². The highest BCUT2D eigenvalue weighted by Crippen LogP contribution is 2.13. The quantitative estimate of drug-likeness (QED) is 0.745. The first kappa shape index (κ1) is 11.4. The van der Waals surface area contributed by atoms with Gasteiger partial charge in [-0.3, -0.25) is 4.79 Å². The number of aryl methyl sites for hydroxylation is 1. The van der Waals surface area contributed by atoms with Crippen LogP contribution in [0.5, 0.6) is 0 Å². The molecular formula is C8H12ClN3OS. The van der Waals surface area contributed by atoms with Crippen molar-refractivity contribution in [2.24, 2.45) is 0 Å². The van der Waals surface area contributed by atoms with Gasteiger partial charge in [0, 0.05) is 19.0 Å². The number of carbonyl (C=O) groups excluding carboxylic acids is 1. The summed E-state index contributed by atoms with van der Waals surface area (Å²) in [5.74, 6) is 0.360. The fraction of sp³-hybridized carbons (Fsp3) is 0.625. The summed E-state index contributed by atoms with van der Waals surface area (Å²) in [6.45, 7) is 3.67. The monoisotopic (exact) mass is 233 g/mol. The predicted octanol–water partition coefficient (Wildman–Crippen LogP) is 1.55. The van der Waals surface area contributed by atoms with Gasteiger partial charge >= 0.3 is 0 Å². The van der Waals surface area contributed by atoms with Crippen molar-refractivity contribution in [3.05, 3.63) is 10.6 Å². The average molecular weight is 234 g/mol. The molecule has 1 amide bonds. The summed E-state index contributed by atoms with van der Waals surface area (Å²) in [5.41, 5.74) is 0.675. The van der Waals surface area contributed by atoms with Crippen molar-refractivity contribution in [1.29, 1.82) is 0 Å².